The van der Waals surface area contributed by atoms with Crippen molar-refractivity contribution in [2.24, 2.45) is 0 Å². The van der Waals surface area contributed by atoms with Gasteiger partial charge in [0.05, 0.1) is 5.41 Å². The predicted molar refractivity (Wildman–Crippen MR) is 108 cm³/mol. The highest BCUT2D eigenvalue weighted by Crippen LogP contribution is 2.35. The molecule has 5 heteroatoms. The first kappa shape index (κ1) is 18.4. The number of carbonyl (C=O) groups excluding carboxylic acids is 1. The second-order valence-corrected chi connectivity index (χ2v) is 7.25. The van der Waals surface area contributed by atoms with E-state index in [-0.39, 0.29) is 5.91 Å². The van der Waals surface area contributed by atoms with Crippen molar-refractivity contribution < 1.29 is 9.53 Å². The van der Waals surface area contributed by atoms with Gasteiger partial charge < -0.3 is 14.6 Å². The van der Waals surface area contributed by atoms with E-state index in [4.69, 9.17) is 4.74 Å². The molecule has 1 saturated heterocycles. The number of ether oxygens (including phenoxy) is 1. The van der Waals surface area contributed by atoms with Gasteiger partial charge in [-0.2, -0.15) is 0 Å². The van der Waals surface area contributed by atoms with Gasteiger partial charge in [0.25, 0.3) is 0 Å². The maximum Gasteiger partial charge on any atom is 0.231 e. The van der Waals surface area contributed by atoms with Gasteiger partial charge in [-0.15, -0.1) is 0 Å². The molecule has 2 aromatic carbocycles. The number of hydrogen-bond acceptors (Lipinski definition) is 3. The third-order valence-corrected chi connectivity index (χ3v) is 5.60. The monoisotopic (exact) mass is 375 g/mol. The Labute approximate surface area is 165 Å². The number of imidazole rings is 1. The molecule has 0 atom stereocenters. The van der Waals surface area contributed by atoms with Crippen molar-refractivity contribution in [1.29, 1.82) is 0 Å². The number of rotatable bonds is 5. The van der Waals surface area contributed by atoms with Gasteiger partial charge in [0, 0.05) is 37.8 Å². The van der Waals surface area contributed by atoms with Gasteiger partial charge in [-0.1, -0.05) is 42.5 Å². The van der Waals surface area contributed by atoms with Gasteiger partial charge in [-0.3, -0.25) is 4.79 Å². The molecule has 0 unspecified atom stereocenters. The first-order valence-electron chi connectivity index (χ1n) is 9.70. The SMILES string of the molecule is Cc1nccn1-c1ccc(CNC(=O)C2(c3ccccc3)CCOCC2)cc1. The molecular weight excluding hydrogens is 350 g/mol. The highest BCUT2D eigenvalue weighted by molar-refractivity contribution is 5.88. The van der Waals surface area contributed by atoms with E-state index in [1.54, 1.807) is 6.20 Å². The summed E-state index contributed by atoms with van der Waals surface area (Å²) in [6, 6.07) is 18.3. The first-order chi connectivity index (χ1) is 13.7. The Morgan fingerprint density at radius 3 is 2.46 bits per heavy atom. The summed E-state index contributed by atoms with van der Waals surface area (Å²) >= 11 is 0. The molecule has 1 aliphatic rings. The van der Waals surface area contributed by atoms with Gasteiger partial charge in [-0.05, 0) is 43.0 Å². The number of carbonyl (C=O) groups is 1. The zero-order valence-corrected chi connectivity index (χ0v) is 16.1. The molecule has 0 aliphatic carbocycles. The van der Waals surface area contributed by atoms with E-state index in [0.717, 1.165) is 22.6 Å². The zero-order chi connectivity index (χ0) is 19.4. The summed E-state index contributed by atoms with van der Waals surface area (Å²) in [6.45, 7) is 3.71. The second kappa shape index (κ2) is 7.98. The highest BCUT2D eigenvalue weighted by Gasteiger charge is 2.41. The van der Waals surface area contributed by atoms with Crippen LogP contribution in [0.15, 0.2) is 67.0 Å². The lowest BCUT2D eigenvalue weighted by Crippen LogP contribution is -2.47. The molecule has 144 valence electrons. The lowest BCUT2D eigenvalue weighted by molar-refractivity contribution is -0.130. The number of hydrogen-bond donors (Lipinski definition) is 1. The van der Waals surface area contributed by atoms with Crippen LogP contribution in [0, 0.1) is 6.92 Å². The summed E-state index contributed by atoms with van der Waals surface area (Å²) in [5.41, 5.74) is 2.70. The van der Waals surface area contributed by atoms with E-state index in [2.05, 4.69) is 22.4 Å². The van der Waals surface area contributed by atoms with Gasteiger partial charge in [0.15, 0.2) is 0 Å². The molecule has 0 spiro atoms. The number of benzene rings is 2. The predicted octanol–water partition coefficient (Wildman–Crippen LogP) is 3.55. The topological polar surface area (TPSA) is 56.2 Å². The van der Waals surface area contributed by atoms with E-state index < -0.39 is 5.41 Å². The van der Waals surface area contributed by atoms with Crippen molar-refractivity contribution in [2.45, 2.75) is 31.7 Å². The Bertz CT molecular complexity index is 926. The van der Waals surface area contributed by atoms with Crippen molar-refractivity contribution in [2.75, 3.05) is 13.2 Å². The van der Waals surface area contributed by atoms with Crippen LogP contribution < -0.4 is 5.32 Å². The molecule has 0 bridgehead atoms. The zero-order valence-electron chi connectivity index (χ0n) is 16.1. The highest BCUT2D eigenvalue weighted by atomic mass is 16.5. The number of aryl methyl sites for hydroxylation is 1. The van der Waals surface area contributed by atoms with Crippen molar-refractivity contribution in [3.63, 3.8) is 0 Å². The lowest BCUT2D eigenvalue weighted by Gasteiger charge is -2.36. The summed E-state index contributed by atoms with van der Waals surface area (Å²) < 4.78 is 7.57. The van der Waals surface area contributed by atoms with Crippen molar-refractivity contribution in [3.05, 3.63) is 83.9 Å². The summed E-state index contributed by atoms with van der Waals surface area (Å²) in [7, 11) is 0. The minimum atomic E-state index is -0.507. The van der Waals surface area contributed by atoms with Gasteiger partial charge in [-0.25, -0.2) is 4.98 Å². The van der Waals surface area contributed by atoms with E-state index in [9.17, 15) is 4.79 Å². The quantitative estimate of drug-likeness (QED) is 0.742. The average Bonchev–Trinajstić information content (AvgIpc) is 3.19. The van der Waals surface area contributed by atoms with Crippen molar-refractivity contribution >= 4 is 5.91 Å². The Hall–Kier alpha value is -2.92. The van der Waals surface area contributed by atoms with Crippen LogP contribution >= 0.6 is 0 Å². The molecule has 3 aromatic rings. The molecule has 28 heavy (non-hydrogen) atoms. The van der Waals surface area contributed by atoms with Crippen LogP contribution in [-0.2, 0) is 21.5 Å². The molecule has 1 aliphatic heterocycles. The molecular formula is C23H25N3O2. The van der Waals surface area contributed by atoms with Gasteiger partial charge in [0.2, 0.25) is 5.91 Å². The van der Waals surface area contributed by atoms with Crippen LogP contribution in [0.2, 0.25) is 0 Å². The van der Waals surface area contributed by atoms with Crippen LogP contribution in [0.1, 0.15) is 29.8 Å². The number of aromatic nitrogens is 2. The average molecular weight is 375 g/mol. The fourth-order valence-electron chi connectivity index (χ4n) is 3.90. The van der Waals surface area contributed by atoms with Crippen LogP contribution in [0.3, 0.4) is 0 Å². The van der Waals surface area contributed by atoms with Crippen LogP contribution in [0.4, 0.5) is 0 Å². The standard InChI is InChI=1S/C23H25N3O2/c1-18-24-13-14-26(18)21-9-7-19(8-10-21)17-25-22(27)23(11-15-28-16-12-23)20-5-3-2-4-6-20/h2-10,13-14H,11-12,15-17H2,1H3,(H,25,27). The molecule has 1 aromatic heterocycles. The third kappa shape index (κ3) is 3.58. The smallest absolute Gasteiger partial charge is 0.231 e. The minimum Gasteiger partial charge on any atom is -0.381 e. The molecule has 1 N–H and O–H groups in total. The van der Waals surface area contributed by atoms with Crippen LogP contribution in [-0.4, -0.2) is 28.7 Å². The van der Waals surface area contributed by atoms with E-state index in [1.165, 1.54) is 0 Å². The molecule has 2 heterocycles. The molecule has 4 rings (SSSR count). The van der Waals surface area contributed by atoms with E-state index in [0.29, 0.717) is 32.6 Å². The van der Waals surface area contributed by atoms with Crippen LogP contribution in [0.5, 0.6) is 0 Å². The number of nitrogens with one attached hydrogen (secondary N) is 1. The maximum absolute atomic E-state index is 13.2. The third-order valence-electron chi connectivity index (χ3n) is 5.60. The maximum atomic E-state index is 13.2. The minimum absolute atomic E-state index is 0.0801. The summed E-state index contributed by atoms with van der Waals surface area (Å²) in [6.07, 6.45) is 5.16. The Morgan fingerprint density at radius 1 is 1.11 bits per heavy atom. The number of amides is 1. The molecule has 5 nitrogen and oxygen atoms in total. The molecule has 0 radical (unpaired) electrons. The fraction of sp³-hybridized carbons (Fsp3) is 0.304. The van der Waals surface area contributed by atoms with Crippen molar-refractivity contribution in [1.82, 2.24) is 14.9 Å². The molecule has 0 saturated carbocycles. The fourth-order valence-corrected chi connectivity index (χ4v) is 3.90. The lowest BCUT2D eigenvalue weighted by atomic mass is 9.73. The summed E-state index contributed by atoms with van der Waals surface area (Å²) in [5.74, 6) is 1.03. The first-order valence-corrected chi connectivity index (χ1v) is 9.70. The molecule has 1 fully saturated rings. The molecule has 1 amide bonds. The normalized spacial score (nSPS) is 15.9. The van der Waals surface area contributed by atoms with Crippen LogP contribution in [0.25, 0.3) is 5.69 Å². The summed E-state index contributed by atoms with van der Waals surface area (Å²) in [5, 5.41) is 3.16. The summed E-state index contributed by atoms with van der Waals surface area (Å²) in [4.78, 5) is 17.5. The van der Waals surface area contributed by atoms with E-state index >= 15 is 0 Å². The Morgan fingerprint density at radius 2 is 1.82 bits per heavy atom. The Balaban J connectivity index is 1.47. The largest absolute Gasteiger partial charge is 0.381 e. The Kier molecular flexibility index (Phi) is 5.26. The van der Waals surface area contributed by atoms with Gasteiger partial charge in [0.1, 0.15) is 5.82 Å². The van der Waals surface area contributed by atoms with E-state index in [1.807, 2.05) is 60.2 Å². The second-order valence-electron chi connectivity index (χ2n) is 7.25. The van der Waals surface area contributed by atoms with Gasteiger partial charge >= 0.3 is 0 Å². The van der Waals surface area contributed by atoms with Crippen molar-refractivity contribution in [3.8, 4) is 5.69 Å². The number of nitrogens with zero attached hydrogens (tertiary/aromatic N) is 2.